The summed E-state index contributed by atoms with van der Waals surface area (Å²) in [5, 5.41) is 15.1. The van der Waals surface area contributed by atoms with Crippen LogP contribution in [0.5, 0.6) is 0 Å². The summed E-state index contributed by atoms with van der Waals surface area (Å²) in [4.78, 5) is 27.1. The maximum Gasteiger partial charge on any atom is 0.292 e. The molecule has 2 heterocycles. The van der Waals surface area contributed by atoms with Crippen LogP contribution in [0.25, 0.3) is 0 Å². The Kier molecular flexibility index (Phi) is 5.20. The van der Waals surface area contributed by atoms with Crippen molar-refractivity contribution in [3.63, 3.8) is 0 Å². The molecule has 1 aromatic heterocycles. The number of nitrogens with zero attached hydrogens (tertiary/aromatic N) is 4. The molecule has 1 fully saturated rings. The maximum atomic E-state index is 12.5. The topological polar surface area (TPSA) is 92.7 Å². The monoisotopic (exact) mass is 358 g/mol. The summed E-state index contributed by atoms with van der Waals surface area (Å²) < 4.78 is 5.13. The molecule has 0 unspecified atom stereocenters. The van der Waals surface area contributed by atoms with Crippen molar-refractivity contribution in [2.24, 2.45) is 0 Å². The molecular formula is C18H22N4O4. The van der Waals surface area contributed by atoms with Gasteiger partial charge in [0.1, 0.15) is 11.4 Å². The van der Waals surface area contributed by atoms with E-state index in [9.17, 15) is 14.9 Å². The second kappa shape index (κ2) is 7.55. The van der Waals surface area contributed by atoms with E-state index >= 15 is 0 Å². The number of benzene rings is 1. The number of nitro groups is 1. The minimum atomic E-state index is -0.365. The number of hydrogen-bond acceptors (Lipinski definition) is 6. The lowest BCUT2D eigenvalue weighted by atomic mass is 10.1. The van der Waals surface area contributed by atoms with Gasteiger partial charge in [0.25, 0.3) is 5.69 Å². The zero-order chi connectivity index (χ0) is 18.7. The van der Waals surface area contributed by atoms with Gasteiger partial charge < -0.3 is 14.3 Å². The summed E-state index contributed by atoms with van der Waals surface area (Å²) in [5.74, 6) is 0.851. The molecule has 1 aliphatic heterocycles. The molecule has 1 aliphatic rings. The number of piperazine rings is 1. The van der Waals surface area contributed by atoms with Crippen molar-refractivity contribution in [2.45, 2.75) is 26.7 Å². The van der Waals surface area contributed by atoms with E-state index in [4.69, 9.17) is 4.52 Å². The van der Waals surface area contributed by atoms with Crippen molar-refractivity contribution >= 4 is 17.3 Å². The van der Waals surface area contributed by atoms with Crippen LogP contribution in [0.2, 0.25) is 0 Å². The van der Waals surface area contributed by atoms with E-state index in [1.807, 2.05) is 23.6 Å². The number of aryl methyl sites for hydroxylation is 2. The number of rotatable bonds is 5. The van der Waals surface area contributed by atoms with Gasteiger partial charge in [-0.1, -0.05) is 17.3 Å². The number of para-hydroxylation sites is 2. The molecule has 0 N–H and O–H groups in total. The molecule has 0 spiro atoms. The standard InChI is InChI=1S/C18H22N4O4/c1-13-15(14(2)26-19-13)7-8-18(23)21-11-9-20(10-12-21)16-5-3-4-6-17(16)22(24)25/h3-6H,7-12H2,1-2H3. The first-order valence-corrected chi connectivity index (χ1v) is 8.65. The van der Waals surface area contributed by atoms with E-state index in [-0.39, 0.29) is 16.5 Å². The maximum absolute atomic E-state index is 12.5. The van der Waals surface area contributed by atoms with Crippen molar-refractivity contribution < 1.29 is 14.2 Å². The molecule has 0 saturated carbocycles. The van der Waals surface area contributed by atoms with Crippen LogP contribution in [0, 0.1) is 24.0 Å². The van der Waals surface area contributed by atoms with Crippen molar-refractivity contribution in [3.05, 3.63) is 51.4 Å². The normalized spacial score (nSPS) is 14.5. The molecule has 138 valence electrons. The lowest BCUT2D eigenvalue weighted by molar-refractivity contribution is -0.384. The van der Waals surface area contributed by atoms with Crippen LogP contribution in [-0.2, 0) is 11.2 Å². The van der Waals surface area contributed by atoms with Gasteiger partial charge in [-0.2, -0.15) is 0 Å². The Hall–Kier alpha value is -2.90. The Morgan fingerprint density at radius 1 is 1.23 bits per heavy atom. The Morgan fingerprint density at radius 3 is 2.54 bits per heavy atom. The number of carbonyl (C=O) groups excluding carboxylic acids is 1. The Labute approximate surface area is 151 Å². The molecule has 0 atom stereocenters. The average molecular weight is 358 g/mol. The molecule has 2 aromatic rings. The lowest BCUT2D eigenvalue weighted by Crippen LogP contribution is -2.49. The number of nitro benzene ring substituents is 1. The van der Waals surface area contributed by atoms with Crippen LogP contribution in [0.3, 0.4) is 0 Å². The van der Waals surface area contributed by atoms with Crippen molar-refractivity contribution in [1.29, 1.82) is 0 Å². The number of aromatic nitrogens is 1. The van der Waals surface area contributed by atoms with Gasteiger partial charge in [-0.15, -0.1) is 0 Å². The summed E-state index contributed by atoms with van der Waals surface area (Å²) >= 11 is 0. The molecular weight excluding hydrogens is 336 g/mol. The van der Waals surface area contributed by atoms with Gasteiger partial charge in [0, 0.05) is 44.2 Å². The number of carbonyl (C=O) groups is 1. The average Bonchev–Trinajstić information content (AvgIpc) is 2.97. The molecule has 8 nitrogen and oxygen atoms in total. The predicted molar refractivity (Wildman–Crippen MR) is 96.2 cm³/mol. The van der Waals surface area contributed by atoms with Gasteiger partial charge in [-0.3, -0.25) is 14.9 Å². The van der Waals surface area contributed by atoms with Gasteiger partial charge in [0.15, 0.2) is 0 Å². The summed E-state index contributed by atoms with van der Waals surface area (Å²) in [6, 6.07) is 6.73. The molecule has 3 rings (SSSR count). The number of hydrogen-bond donors (Lipinski definition) is 0. The summed E-state index contributed by atoms with van der Waals surface area (Å²) in [6.07, 6.45) is 1.03. The smallest absolute Gasteiger partial charge is 0.292 e. The van der Waals surface area contributed by atoms with Gasteiger partial charge in [-0.05, 0) is 26.3 Å². The highest BCUT2D eigenvalue weighted by atomic mass is 16.6. The van der Waals surface area contributed by atoms with Gasteiger partial charge in [-0.25, -0.2) is 0 Å². The molecule has 8 heteroatoms. The molecule has 0 bridgehead atoms. The first-order chi connectivity index (χ1) is 12.5. The van der Waals surface area contributed by atoms with E-state index in [0.29, 0.717) is 44.7 Å². The highest BCUT2D eigenvalue weighted by Crippen LogP contribution is 2.28. The Morgan fingerprint density at radius 2 is 1.92 bits per heavy atom. The summed E-state index contributed by atoms with van der Waals surface area (Å²) in [6.45, 7) is 6.02. The predicted octanol–water partition coefficient (Wildman–Crippen LogP) is 2.48. The molecule has 1 saturated heterocycles. The van der Waals surface area contributed by atoms with Crippen LogP contribution in [0.4, 0.5) is 11.4 Å². The fourth-order valence-electron chi connectivity index (χ4n) is 3.33. The first kappa shape index (κ1) is 17.9. The minimum Gasteiger partial charge on any atom is -0.362 e. The van der Waals surface area contributed by atoms with Gasteiger partial charge >= 0.3 is 0 Å². The van der Waals surface area contributed by atoms with E-state index in [1.54, 1.807) is 18.2 Å². The Bertz CT molecular complexity index is 790. The van der Waals surface area contributed by atoms with Crippen molar-refractivity contribution in [1.82, 2.24) is 10.1 Å². The van der Waals surface area contributed by atoms with Gasteiger partial charge in [0.05, 0.1) is 10.6 Å². The van der Waals surface area contributed by atoms with Crippen molar-refractivity contribution in [2.75, 3.05) is 31.1 Å². The Balaban J connectivity index is 1.57. The van der Waals surface area contributed by atoms with Crippen molar-refractivity contribution in [3.8, 4) is 0 Å². The van der Waals surface area contributed by atoms with E-state index in [2.05, 4.69) is 5.16 Å². The van der Waals surface area contributed by atoms with Gasteiger partial charge in [0.2, 0.25) is 5.91 Å². The highest BCUT2D eigenvalue weighted by molar-refractivity contribution is 5.77. The third-order valence-electron chi connectivity index (χ3n) is 4.82. The summed E-state index contributed by atoms with van der Waals surface area (Å²) in [5.41, 5.74) is 2.54. The molecule has 26 heavy (non-hydrogen) atoms. The summed E-state index contributed by atoms with van der Waals surface area (Å²) in [7, 11) is 0. The quantitative estimate of drug-likeness (QED) is 0.602. The SMILES string of the molecule is Cc1noc(C)c1CCC(=O)N1CCN(c2ccccc2[N+](=O)[O-])CC1. The van der Waals surface area contributed by atoms with Crippen LogP contribution in [0.15, 0.2) is 28.8 Å². The number of anilines is 1. The zero-order valence-electron chi connectivity index (χ0n) is 15.0. The largest absolute Gasteiger partial charge is 0.362 e. The number of amides is 1. The molecule has 0 radical (unpaired) electrons. The van der Waals surface area contributed by atoms with Crippen LogP contribution in [-0.4, -0.2) is 47.1 Å². The highest BCUT2D eigenvalue weighted by Gasteiger charge is 2.25. The fourth-order valence-corrected chi connectivity index (χ4v) is 3.33. The van der Waals surface area contributed by atoms with Crippen LogP contribution >= 0.6 is 0 Å². The first-order valence-electron chi connectivity index (χ1n) is 8.65. The third-order valence-corrected chi connectivity index (χ3v) is 4.82. The molecule has 1 aromatic carbocycles. The fraction of sp³-hybridized carbons (Fsp3) is 0.444. The third kappa shape index (κ3) is 3.68. The molecule has 1 amide bonds. The second-order valence-electron chi connectivity index (χ2n) is 6.42. The van der Waals surface area contributed by atoms with Crippen LogP contribution in [0.1, 0.15) is 23.4 Å². The van der Waals surface area contributed by atoms with E-state index in [1.165, 1.54) is 6.07 Å². The van der Waals surface area contributed by atoms with E-state index in [0.717, 1.165) is 17.0 Å². The minimum absolute atomic E-state index is 0.0900. The van der Waals surface area contributed by atoms with Crippen LogP contribution < -0.4 is 4.90 Å². The molecule has 0 aliphatic carbocycles. The second-order valence-corrected chi connectivity index (χ2v) is 6.42. The zero-order valence-corrected chi connectivity index (χ0v) is 15.0. The van der Waals surface area contributed by atoms with E-state index < -0.39 is 0 Å². The lowest BCUT2D eigenvalue weighted by Gasteiger charge is -2.35.